The first-order chi connectivity index (χ1) is 18.2. The number of fused-ring (bicyclic) bond motifs is 3. The summed E-state index contributed by atoms with van der Waals surface area (Å²) in [7, 11) is 1.58. The van der Waals surface area contributed by atoms with Crippen LogP contribution in [0.5, 0.6) is 5.88 Å². The maximum Gasteiger partial charge on any atom is 0.232 e. The Labute approximate surface area is 217 Å². The zero-order chi connectivity index (χ0) is 25.2. The van der Waals surface area contributed by atoms with Crippen molar-refractivity contribution in [3.05, 3.63) is 78.3 Å². The van der Waals surface area contributed by atoms with Crippen LogP contribution < -0.4 is 10.1 Å². The van der Waals surface area contributed by atoms with Gasteiger partial charge in [0.05, 0.1) is 36.5 Å². The molecule has 0 saturated carbocycles. The Balaban J connectivity index is 1.16. The van der Waals surface area contributed by atoms with E-state index < -0.39 is 6.10 Å². The molecule has 2 N–H and O–H groups in total. The van der Waals surface area contributed by atoms with Crippen LogP contribution in [-0.4, -0.2) is 57.8 Å². The molecular formula is C29H34N4O4. The van der Waals surface area contributed by atoms with Crippen molar-refractivity contribution in [1.29, 1.82) is 0 Å². The minimum atomic E-state index is -0.644. The molecule has 2 fully saturated rings. The van der Waals surface area contributed by atoms with Gasteiger partial charge in [-0.15, -0.1) is 0 Å². The number of aliphatic hydroxyl groups is 1. The minimum Gasteiger partial charge on any atom is -0.480 e. The number of methoxy groups -OCH3 is 1. The SMILES string of the molecule is COc1cnc2cccc(C(O)CN3C4CCC3CC(NC(C3=CC=CCC3)C3=COC=CO3)C4)c2n1. The second-order valence-corrected chi connectivity index (χ2v) is 10.2. The topological polar surface area (TPSA) is 89.0 Å². The van der Waals surface area contributed by atoms with Crippen molar-refractivity contribution in [2.75, 3.05) is 13.7 Å². The van der Waals surface area contributed by atoms with Crippen LogP contribution in [0, 0.1) is 0 Å². The quantitative estimate of drug-likeness (QED) is 0.554. The van der Waals surface area contributed by atoms with Gasteiger partial charge in [-0.05, 0) is 50.2 Å². The summed E-state index contributed by atoms with van der Waals surface area (Å²) in [5.41, 5.74) is 3.59. The summed E-state index contributed by atoms with van der Waals surface area (Å²) in [6.45, 7) is 0.590. The summed E-state index contributed by atoms with van der Waals surface area (Å²) in [6, 6.07) is 7.02. The summed E-state index contributed by atoms with van der Waals surface area (Å²) < 4.78 is 16.6. The number of aliphatic hydroxyl groups excluding tert-OH is 1. The Kier molecular flexibility index (Phi) is 6.95. The van der Waals surface area contributed by atoms with Crippen molar-refractivity contribution >= 4 is 11.0 Å². The van der Waals surface area contributed by atoms with Crippen LogP contribution in [0.4, 0.5) is 0 Å². The highest BCUT2D eigenvalue weighted by molar-refractivity contribution is 5.78. The van der Waals surface area contributed by atoms with Crippen LogP contribution in [-0.2, 0) is 9.47 Å². The zero-order valence-corrected chi connectivity index (χ0v) is 21.1. The van der Waals surface area contributed by atoms with E-state index in [0.717, 1.165) is 55.4 Å². The van der Waals surface area contributed by atoms with E-state index in [1.165, 1.54) is 5.57 Å². The van der Waals surface area contributed by atoms with Crippen molar-refractivity contribution in [3.8, 4) is 5.88 Å². The predicted octanol–water partition coefficient (Wildman–Crippen LogP) is 4.26. The van der Waals surface area contributed by atoms with E-state index in [2.05, 4.69) is 38.4 Å². The van der Waals surface area contributed by atoms with Crippen molar-refractivity contribution < 1.29 is 19.3 Å². The zero-order valence-electron chi connectivity index (χ0n) is 21.1. The van der Waals surface area contributed by atoms with Gasteiger partial charge < -0.3 is 24.6 Å². The second kappa shape index (κ2) is 10.7. The molecule has 37 heavy (non-hydrogen) atoms. The Morgan fingerprint density at radius 3 is 2.81 bits per heavy atom. The molecule has 6 rings (SSSR count). The van der Waals surface area contributed by atoms with Gasteiger partial charge in [0.15, 0.2) is 5.76 Å². The number of ether oxygens (including phenoxy) is 3. The Morgan fingerprint density at radius 2 is 2.08 bits per heavy atom. The molecule has 2 bridgehead atoms. The number of aromatic nitrogens is 2. The molecule has 2 saturated heterocycles. The molecule has 1 aliphatic carbocycles. The lowest BCUT2D eigenvalue weighted by Crippen LogP contribution is -2.53. The predicted molar refractivity (Wildman–Crippen MR) is 140 cm³/mol. The van der Waals surface area contributed by atoms with E-state index in [0.29, 0.717) is 36.1 Å². The number of para-hydroxylation sites is 1. The van der Waals surface area contributed by atoms with Gasteiger partial charge >= 0.3 is 0 Å². The number of hydrogen-bond donors (Lipinski definition) is 2. The third kappa shape index (κ3) is 5.01. The number of nitrogens with zero attached hydrogens (tertiary/aromatic N) is 3. The summed E-state index contributed by atoms with van der Waals surface area (Å²) >= 11 is 0. The van der Waals surface area contributed by atoms with Crippen LogP contribution >= 0.6 is 0 Å². The highest BCUT2D eigenvalue weighted by atomic mass is 16.5. The lowest BCUT2D eigenvalue weighted by Gasteiger charge is -2.41. The third-order valence-corrected chi connectivity index (χ3v) is 8.04. The Morgan fingerprint density at radius 1 is 1.22 bits per heavy atom. The molecule has 1 aromatic heterocycles. The van der Waals surface area contributed by atoms with E-state index in [9.17, 15) is 5.11 Å². The normalized spacial score (nSPS) is 26.7. The van der Waals surface area contributed by atoms with Gasteiger partial charge in [-0.25, -0.2) is 9.97 Å². The van der Waals surface area contributed by atoms with Gasteiger partial charge in [0, 0.05) is 30.2 Å². The largest absolute Gasteiger partial charge is 0.480 e. The van der Waals surface area contributed by atoms with Crippen LogP contribution in [0.25, 0.3) is 11.0 Å². The highest BCUT2D eigenvalue weighted by Crippen LogP contribution is 2.38. The average Bonchev–Trinajstić information content (AvgIpc) is 3.18. The fourth-order valence-corrected chi connectivity index (χ4v) is 6.29. The first-order valence-corrected chi connectivity index (χ1v) is 13.2. The summed E-state index contributed by atoms with van der Waals surface area (Å²) in [6.07, 6.45) is 18.8. The number of rotatable bonds is 8. The van der Waals surface area contributed by atoms with E-state index >= 15 is 0 Å². The van der Waals surface area contributed by atoms with Crippen LogP contribution in [0.2, 0.25) is 0 Å². The van der Waals surface area contributed by atoms with Gasteiger partial charge in [-0.2, -0.15) is 0 Å². The molecule has 4 atom stereocenters. The molecule has 2 aromatic rings. The molecule has 194 valence electrons. The number of allylic oxidation sites excluding steroid dienone is 3. The summed E-state index contributed by atoms with van der Waals surface area (Å²) in [5, 5.41) is 15.2. The first-order valence-electron chi connectivity index (χ1n) is 13.2. The number of piperidine rings is 1. The third-order valence-electron chi connectivity index (χ3n) is 8.04. The van der Waals surface area contributed by atoms with Crippen molar-refractivity contribution in [2.45, 2.75) is 68.8 Å². The van der Waals surface area contributed by atoms with Crippen molar-refractivity contribution in [3.63, 3.8) is 0 Å². The van der Waals surface area contributed by atoms with Crippen molar-refractivity contribution in [2.24, 2.45) is 0 Å². The fourth-order valence-electron chi connectivity index (χ4n) is 6.29. The molecule has 8 heteroatoms. The molecule has 4 heterocycles. The Bertz CT molecular complexity index is 1240. The lowest BCUT2D eigenvalue weighted by molar-refractivity contribution is 0.0508. The van der Waals surface area contributed by atoms with E-state index in [1.807, 2.05) is 18.2 Å². The molecule has 0 amide bonds. The molecule has 8 nitrogen and oxygen atoms in total. The molecule has 1 aromatic carbocycles. The van der Waals surface area contributed by atoms with Gasteiger partial charge in [0.2, 0.25) is 5.88 Å². The standard InChI is InChI=1S/C29H34N4O4/c1-35-27-16-30-24-9-5-8-23(29(24)32-27)25(34)17-33-21-10-11-22(33)15-20(14-21)31-28(19-6-3-2-4-7-19)26-18-36-12-13-37-26/h2-3,5-6,8-9,12-13,16,18,20-22,25,28,31,34H,4,7,10-11,14-15,17H2,1H3. The molecule has 0 spiro atoms. The number of nitrogens with one attached hydrogen (secondary N) is 1. The fraction of sp³-hybridized carbons (Fsp3) is 0.448. The Hall–Kier alpha value is -3.20. The van der Waals surface area contributed by atoms with Crippen LogP contribution in [0.15, 0.2) is 72.7 Å². The van der Waals surface area contributed by atoms with Crippen molar-refractivity contribution in [1.82, 2.24) is 20.2 Å². The molecule has 4 aliphatic rings. The molecule has 0 radical (unpaired) electrons. The summed E-state index contributed by atoms with van der Waals surface area (Å²) in [5.74, 6) is 1.26. The monoisotopic (exact) mass is 502 g/mol. The molecular weight excluding hydrogens is 468 g/mol. The van der Waals surface area contributed by atoms with Gasteiger partial charge in [-0.1, -0.05) is 30.4 Å². The van der Waals surface area contributed by atoms with Gasteiger partial charge in [0.25, 0.3) is 0 Å². The summed E-state index contributed by atoms with van der Waals surface area (Å²) in [4.78, 5) is 11.5. The average molecular weight is 503 g/mol. The van der Waals surface area contributed by atoms with E-state index in [1.54, 1.807) is 32.1 Å². The first kappa shape index (κ1) is 24.2. The second-order valence-electron chi connectivity index (χ2n) is 10.2. The van der Waals surface area contributed by atoms with E-state index in [-0.39, 0.29) is 6.04 Å². The number of benzene rings is 1. The number of hydrogen-bond acceptors (Lipinski definition) is 8. The smallest absolute Gasteiger partial charge is 0.232 e. The highest BCUT2D eigenvalue weighted by Gasteiger charge is 2.42. The minimum absolute atomic E-state index is 0.000628. The van der Waals surface area contributed by atoms with E-state index in [4.69, 9.17) is 14.2 Å². The lowest BCUT2D eigenvalue weighted by atomic mass is 9.91. The maximum absolute atomic E-state index is 11.3. The maximum atomic E-state index is 11.3. The van der Waals surface area contributed by atoms with Crippen LogP contribution in [0.3, 0.4) is 0 Å². The molecule has 3 aliphatic heterocycles. The van der Waals surface area contributed by atoms with Crippen LogP contribution in [0.1, 0.15) is 50.2 Å². The molecule has 4 unspecified atom stereocenters. The van der Waals surface area contributed by atoms with Gasteiger partial charge in [-0.3, -0.25) is 4.90 Å². The van der Waals surface area contributed by atoms with Gasteiger partial charge in [0.1, 0.15) is 18.8 Å².